The molecule has 1 amide bonds. The van der Waals surface area contributed by atoms with E-state index in [4.69, 9.17) is 0 Å². The molecule has 0 radical (unpaired) electrons. The number of likely N-dealkylation sites (N-methyl/N-ethyl adjacent to an activating group) is 1. The Bertz CT molecular complexity index is 640. The first kappa shape index (κ1) is 16.7. The number of halogens is 1. The molecule has 0 aliphatic rings. The maximum absolute atomic E-state index is 12.3. The molecule has 0 aliphatic carbocycles. The van der Waals surface area contributed by atoms with Crippen LogP contribution >= 0.6 is 15.9 Å². The fourth-order valence-corrected chi connectivity index (χ4v) is 2.45. The van der Waals surface area contributed by atoms with Gasteiger partial charge >= 0.3 is 0 Å². The van der Waals surface area contributed by atoms with E-state index in [1.54, 1.807) is 0 Å². The summed E-state index contributed by atoms with van der Waals surface area (Å²) in [5.74, 6) is 0.00483. The molecule has 0 spiro atoms. The second-order valence-electron chi connectivity index (χ2n) is 5.58. The van der Waals surface area contributed by atoms with Crippen molar-refractivity contribution in [2.75, 3.05) is 12.4 Å². The molecule has 0 aromatic heterocycles. The van der Waals surface area contributed by atoms with Crippen LogP contribution in [0.1, 0.15) is 18.1 Å². The highest BCUT2D eigenvalue weighted by Crippen LogP contribution is 2.14. The summed E-state index contributed by atoms with van der Waals surface area (Å²) in [5.41, 5.74) is 3.16. The summed E-state index contributed by atoms with van der Waals surface area (Å²) in [6.07, 6.45) is 0. The summed E-state index contributed by atoms with van der Waals surface area (Å²) < 4.78 is 1.06. The van der Waals surface area contributed by atoms with E-state index >= 15 is 0 Å². The van der Waals surface area contributed by atoms with Crippen molar-refractivity contribution in [3.05, 3.63) is 64.1 Å². The standard InChI is InChI=1S/C18H21BrN2O/c1-13-5-4-6-17(11-13)20-18(22)14(2)21(3)12-15-7-9-16(19)10-8-15/h4-11,14H,12H2,1-3H3,(H,20,22). The van der Waals surface area contributed by atoms with Gasteiger partial charge in [0.25, 0.3) is 0 Å². The van der Waals surface area contributed by atoms with Crippen molar-refractivity contribution >= 4 is 27.5 Å². The molecule has 0 saturated carbocycles. The number of carbonyl (C=O) groups is 1. The van der Waals surface area contributed by atoms with Crippen molar-refractivity contribution in [3.63, 3.8) is 0 Å². The lowest BCUT2D eigenvalue weighted by Crippen LogP contribution is -2.39. The molecule has 0 aliphatic heterocycles. The second-order valence-corrected chi connectivity index (χ2v) is 6.49. The van der Waals surface area contributed by atoms with Gasteiger partial charge in [-0.05, 0) is 56.3 Å². The molecule has 116 valence electrons. The average Bonchev–Trinajstić information content (AvgIpc) is 2.48. The summed E-state index contributed by atoms with van der Waals surface area (Å²) in [6.45, 7) is 4.67. The van der Waals surface area contributed by atoms with E-state index in [1.807, 2.05) is 62.2 Å². The Morgan fingerprint density at radius 3 is 2.55 bits per heavy atom. The third-order valence-corrected chi connectivity index (χ3v) is 4.20. The van der Waals surface area contributed by atoms with E-state index < -0.39 is 0 Å². The van der Waals surface area contributed by atoms with Crippen molar-refractivity contribution in [1.29, 1.82) is 0 Å². The number of amides is 1. The van der Waals surface area contributed by atoms with Crippen LogP contribution < -0.4 is 5.32 Å². The lowest BCUT2D eigenvalue weighted by Gasteiger charge is -2.24. The van der Waals surface area contributed by atoms with Gasteiger partial charge in [-0.2, -0.15) is 0 Å². The first-order valence-electron chi connectivity index (χ1n) is 7.28. The maximum Gasteiger partial charge on any atom is 0.241 e. The summed E-state index contributed by atoms with van der Waals surface area (Å²) in [4.78, 5) is 14.4. The van der Waals surface area contributed by atoms with Crippen molar-refractivity contribution in [1.82, 2.24) is 4.90 Å². The highest BCUT2D eigenvalue weighted by molar-refractivity contribution is 9.10. The predicted molar refractivity (Wildman–Crippen MR) is 94.9 cm³/mol. The topological polar surface area (TPSA) is 32.3 Å². The maximum atomic E-state index is 12.3. The minimum atomic E-state index is -0.204. The van der Waals surface area contributed by atoms with Crippen molar-refractivity contribution in [3.8, 4) is 0 Å². The van der Waals surface area contributed by atoms with Gasteiger partial charge in [0.2, 0.25) is 5.91 Å². The smallest absolute Gasteiger partial charge is 0.241 e. The average molecular weight is 361 g/mol. The zero-order valence-corrected chi connectivity index (χ0v) is 14.7. The molecule has 0 heterocycles. The normalized spacial score (nSPS) is 12.2. The molecule has 22 heavy (non-hydrogen) atoms. The monoisotopic (exact) mass is 360 g/mol. The van der Waals surface area contributed by atoms with E-state index in [0.717, 1.165) is 22.3 Å². The number of anilines is 1. The van der Waals surface area contributed by atoms with Crippen LogP contribution in [0, 0.1) is 6.92 Å². The van der Waals surface area contributed by atoms with Crippen LogP contribution in [0.15, 0.2) is 53.0 Å². The molecular formula is C18H21BrN2O. The minimum absolute atomic E-state index is 0.00483. The highest BCUT2D eigenvalue weighted by atomic mass is 79.9. The Hall–Kier alpha value is -1.65. The first-order chi connectivity index (χ1) is 10.5. The SMILES string of the molecule is Cc1cccc(NC(=O)C(C)N(C)Cc2ccc(Br)cc2)c1. The quantitative estimate of drug-likeness (QED) is 0.865. The molecule has 1 N–H and O–H groups in total. The van der Waals surface area contributed by atoms with Crippen LogP contribution in [-0.4, -0.2) is 23.9 Å². The van der Waals surface area contributed by atoms with Gasteiger partial charge in [-0.1, -0.05) is 40.2 Å². The van der Waals surface area contributed by atoms with Gasteiger partial charge in [0, 0.05) is 16.7 Å². The van der Waals surface area contributed by atoms with Gasteiger partial charge in [0.1, 0.15) is 0 Å². The van der Waals surface area contributed by atoms with Crippen LogP contribution in [0.4, 0.5) is 5.69 Å². The summed E-state index contributed by atoms with van der Waals surface area (Å²) in [7, 11) is 1.96. The number of carbonyl (C=O) groups excluding carboxylic acids is 1. The third-order valence-electron chi connectivity index (χ3n) is 3.67. The first-order valence-corrected chi connectivity index (χ1v) is 8.07. The van der Waals surface area contributed by atoms with E-state index in [-0.39, 0.29) is 11.9 Å². The fourth-order valence-electron chi connectivity index (χ4n) is 2.18. The van der Waals surface area contributed by atoms with Crippen LogP contribution in [0.3, 0.4) is 0 Å². The Labute approximate surface area is 140 Å². The third kappa shape index (κ3) is 4.68. The molecule has 2 aromatic rings. The van der Waals surface area contributed by atoms with Crippen LogP contribution in [0.5, 0.6) is 0 Å². The van der Waals surface area contributed by atoms with Gasteiger partial charge in [0.05, 0.1) is 6.04 Å². The van der Waals surface area contributed by atoms with Crippen molar-refractivity contribution in [2.24, 2.45) is 0 Å². The highest BCUT2D eigenvalue weighted by Gasteiger charge is 2.18. The van der Waals surface area contributed by atoms with Gasteiger partial charge in [-0.3, -0.25) is 9.69 Å². The molecular weight excluding hydrogens is 340 g/mol. The van der Waals surface area contributed by atoms with Crippen molar-refractivity contribution in [2.45, 2.75) is 26.4 Å². The number of hydrogen-bond donors (Lipinski definition) is 1. The van der Waals surface area contributed by atoms with Gasteiger partial charge in [0.15, 0.2) is 0 Å². The molecule has 1 atom stereocenters. The summed E-state index contributed by atoms with van der Waals surface area (Å²) in [5, 5.41) is 2.97. The van der Waals surface area contributed by atoms with Gasteiger partial charge < -0.3 is 5.32 Å². The lowest BCUT2D eigenvalue weighted by molar-refractivity contribution is -0.120. The molecule has 1 unspecified atom stereocenters. The Morgan fingerprint density at radius 2 is 1.91 bits per heavy atom. The van der Waals surface area contributed by atoms with E-state index in [1.165, 1.54) is 5.56 Å². The van der Waals surface area contributed by atoms with Crippen LogP contribution in [-0.2, 0) is 11.3 Å². The minimum Gasteiger partial charge on any atom is -0.325 e. The molecule has 0 saturated heterocycles. The summed E-state index contributed by atoms with van der Waals surface area (Å²) in [6, 6.07) is 15.8. The number of nitrogens with zero attached hydrogens (tertiary/aromatic N) is 1. The summed E-state index contributed by atoms with van der Waals surface area (Å²) >= 11 is 3.43. The fraction of sp³-hybridized carbons (Fsp3) is 0.278. The zero-order valence-electron chi connectivity index (χ0n) is 13.1. The number of hydrogen-bond acceptors (Lipinski definition) is 2. The number of nitrogens with one attached hydrogen (secondary N) is 1. The Balaban J connectivity index is 1.95. The molecule has 2 aromatic carbocycles. The van der Waals surface area contributed by atoms with Crippen LogP contribution in [0.2, 0.25) is 0 Å². The largest absolute Gasteiger partial charge is 0.325 e. The van der Waals surface area contributed by atoms with E-state index in [0.29, 0.717) is 0 Å². The molecule has 0 bridgehead atoms. The molecule has 4 heteroatoms. The van der Waals surface area contributed by atoms with Gasteiger partial charge in [-0.25, -0.2) is 0 Å². The number of rotatable bonds is 5. The van der Waals surface area contributed by atoms with E-state index in [9.17, 15) is 4.79 Å². The lowest BCUT2D eigenvalue weighted by atomic mass is 10.1. The Kier molecular flexibility index (Phi) is 5.75. The van der Waals surface area contributed by atoms with Gasteiger partial charge in [-0.15, -0.1) is 0 Å². The molecule has 0 fully saturated rings. The molecule has 3 nitrogen and oxygen atoms in total. The zero-order chi connectivity index (χ0) is 16.1. The van der Waals surface area contributed by atoms with E-state index in [2.05, 4.69) is 33.4 Å². The number of aryl methyl sites for hydroxylation is 1. The number of benzene rings is 2. The van der Waals surface area contributed by atoms with Crippen LogP contribution in [0.25, 0.3) is 0 Å². The van der Waals surface area contributed by atoms with Crippen molar-refractivity contribution < 1.29 is 4.79 Å². The Morgan fingerprint density at radius 1 is 1.23 bits per heavy atom. The molecule has 2 rings (SSSR count). The second kappa shape index (κ2) is 7.56. The predicted octanol–water partition coefficient (Wildman–Crippen LogP) is 4.22.